The normalized spacial score (nSPS) is 24.1. The number of para-hydroxylation sites is 1. The maximum absolute atomic E-state index is 6.18. The SMILES string of the molecule is [B]N(CC(C)[C@@H]1Nc2ccccc2[C@@H]1C)C(C)(C)C. The van der Waals surface area contributed by atoms with Crippen molar-refractivity contribution in [2.24, 2.45) is 5.92 Å². The minimum Gasteiger partial charge on any atom is -0.381 e. The van der Waals surface area contributed by atoms with Crippen LogP contribution in [0, 0.1) is 5.92 Å². The summed E-state index contributed by atoms with van der Waals surface area (Å²) in [5.74, 6) is 1.05. The van der Waals surface area contributed by atoms with Crippen molar-refractivity contribution in [1.29, 1.82) is 0 Å². The highest BCUT2D eigenvalue weighted by Gasteiger charge is 2.33. The molecule has 0 aromatic heterocycles. The molecule has 1 unspecified atom stereocenters. The molecule has 0 fully saturated rings. The van der Waals surface area contributed by atoms with E-state index in [0.29, 0.717) is 17.9 Å². The lowest BCUT2D eigenvalue weighted by Crippen LogP contribution is -2.45. The molecule has 19 heavy (non-hydrogen) atoms. The summed E-state index contributed by atoms with van der Waals surface area (Å²) in [6.45, 7) is 11.9. The third kappa shape index (κ3) is 2.97. The first-order valence-electron chi connectivity index (χ1n) is 7.18. The van der Waals surface area contributed by atoms with Crippen LogP contribution in [0.25, 0.3) is 0 Å². The summed E-state index contributed by atoms with van der Waals surface area (Å²) in [7, 11) is 6.18. The molecule has 2 radical (unpaired) electrons. The Morgan fingerprint density at radius 3 is 2.53 bits per heavy atom. The second-order valence-electron chi connectivity index (χ2n) is 6.85. The van der Waals surface area contributed by atoms with Crippen molar-refractivity contribution in [1.82, 2.24) is 4.81 Å². The zero-order chi connectivity index (χ0) is 14.2. The smallest absolute Gasteiger partial charge is 0.183 e. The molecule has 0 aliphatic carbocycles. The average molecular weight is 256 g/mol. The predicted octanol–water partition coefficient (Wildman–Crippen LogP) is 3.40. The van der Waals surface area contributed by atoms with Crippen LogP contribution in [0.5, 0.6) is 0 Å². The fraction of sp³-hybridized carbons (Fsp3) is 0.625. The molecule has 1 aliphatic heterocycles. The summed E-state index contributed by atoms with van der Waals surface area (Å²) in [4.78, 5) is 1.95. The van der Waals surface area contributed by atoms with E-state index in [1.54, 1.807) is 0 Å². The van der Waals surface area contributed by atoms with Crippen molar-refractivity contribution in [2.75, 3.05) is 11.9 Å². The zero-order valence-electron chi connectivity index (χ0n) is 12.8. The van der Waals surface area contributed by atoms with Gasteiger partial charge in [-0.05, 0) is 44.9 Å². The van der Waals surface area contributed by atoms with E-state index in [4.69, 9.17) is 7.98 Å². The van der Waals surface area contributed by atoms with Gasteiger partial charge in [0.15, 0.2) is 7.98 Å². The highest BCUT2D eigenvalue weighted by Crippen LogP contribution is 2.38. The monoisotopic (exact) mass is 256 g/mol. The van der Waals surface area contributed by atoms with Crippen LogP contribution in [0.1, 0.15) is 46.1 Å². The Balaban J connectivity index is 2.05. The van der Waals surface area contributed by atoms with Gasteiger partial charge in [0, 0.05) is 23.2 Å². The summed E-state index contributed by atoms with van der Waals surface area (Å²) in [6.07, 6.45) is 0. The number of fused-ring (bicyclic) bond motifs is 1. The van der Waals surface area contributed by atoms with Crippen LogP contribution in [0.2, 0.25) is 0 Å². The number of rotatable bonds is 3. The van der Waals surface area contributed by atoms with Gasteiger partial charge in [0.2, 0.25) is 0 Å². The lowest BCUT2D eigenvalue weighted by atomic mass is 9.87. The standard InChI is InChI=1S/C16H25BN2/c1-11(10-19(17)16(3,4)5)15-12(2)13-8-6-7-9-14(13)18-15/h6-9,11-12,15,18H,10H2,1-5H3/t11?,12-,15-/m0/s1. The first kappa shape index (κ1) is 14.5. The summed E-state index contributed by atoms with van der Waals surface area (Å²) >= 11 is 0. The molecule has 0 saturated carbocycles. The van der Waals surface area contributed by atoms with Crippen molar-refractivity contribution in [2.45, 2.75) is 52.1 Å². The Labute approximate surface area is 119 Å². The van der Waals surface area contributed by atoms with Gasteiger partial charge in [-0.15, -0.1) is 0 Å². The lowest BCUT2D eigenvalue weighted by Gasteiger charge is -2.37. The maximum Gasteiger partial charge on any atom is 0.183 e. The maximum atomic E-state index is 6.18. The fourth-order valence-electron chi connectivity index (χ4n) is 2.86. The first-order chi connectivity index (χ1) is 8.80. The number of hydrogen-bond acceptors (Lipinski definition) is 2. The Morgan fingerprint density at radius 1 is 1.32 bits per heavy atom. The van der Waals surface area contributed by atoms with E-state index >= 15 is 0 Å². The highest BCUT2D eigenvalue weighted by atomic mass is 15.1. The molecule has 0 spiro atoms. The molecule has 102 valence electrons. The first-order valence-corrected chi connectivity index (χ1v) is 7.18. The van der Waals surface area contributed by atoms with Crippen LogP contribution in [-0.2, 0) is 0 Å². The van der Waals surface area contributed by atoms with Gasteiger partial charge in [0.05, 0.1) is 0 Å². The van der Waals surface area contributed by atoms with E-state index in [-0.39, 0.29) is 5.54 Å². The van der Waals surface area contributed by atoms with Crippen LogP contribution in [0.15, 0.2) is 24.3 Å². The Hall–Kier alpha value is -0.955. The Morgan fingerprint density at radius 2 is 1.95 bits per heavy atom. The Kier molecular flexibility index (Phi) is 3.96. The molecular weight excluding hydrogens is 231 g/mol. The van der Waals surface area contributed by atoms with Crippen LogP contribution in [0.4, 0.5) is 5.69 Å². The molecule has 2 nitrogen and oxygen atoms in total. The van der Waals surface area contributed by atoms with Gasteiger partial charge >= 0.3 is 0 Å². The van der Waals surface area contributed by atoms with E-state index in [1.165, 1.54) is 11.3 Å². The molecule has 1 aromatic rings. The van der Waals surface area contributed by atoms with Gasteiger partial charge in [0.25, 0.3) is 0 Å². The van der Waals surface area contributed by atoms with Gasteiger partial charge in [-0.25, -0.2) is 0 Å². The largest absolute Gasteiger partial charge is 0.381 e. The van der Waals surface area contributed by atoms with Crippen LogP contribution in [0.3, 0.4) is 0 Å². The highest BCUT2D eigenvalue weighted by molar-refractivity contribution is 6.04. The number of hydrogen-bond donors (Lipinski definition) is 1. The quantitative estimate of drug-likeness (QED) is 0.834. The molecule has 1 aromatic carbocycles. The third-order valence-corrected chi connectivity index (χ3v) is 4.27. The number of nitrogens with one attached hydrogen (secondary N) is 1. The lowest BCUT2D eigenvalue weighted by molar-refractivity contribution is 0.218. The summed E-state index contributed by atoms with van der Waals surface area (Å²) in [5, 5.41) is 3.66. The minimum absolute atomic E-state index is 0.0168. The molecule has 0 amide bonds. The van der Waals surface area contributed by atoms with E-state index in [1.807, 2.05) is 4.81 Å². The van der Waals surface area contributed by atoms with Crippen molar-refractivity contribution >= 4 is 13.7 Å². The van der Waals surface area contributed by atoms with Gasteiger partial charge in [0.1, 0.15) is 0 Å². The summed E-state index contributed by atoms with van der Waals surface area (Å²) < 4.78 is 0. The van der Waals surface area contributed by atoms with Gasteiger partial charge in [-0.2, -0.15) is 0 Å². The number of nitrogens with zero attached hydrogens (tertiary/aromatic N) is 1. The van der Waals surface area contributed by atoms with Gasteiger partial charge in [-0.3, -0.25) is 0 Å². The second kappa shape index (κ2) is 5.20. The molecular formula is C16H25BN2. The molecule has 0 saturated heterocycles. The van der Waals surface area contributed by atoms with Gasteiger partial charge < -0.3 is 10.1 Å². The van der Waals surface area contributed by atoms with Crippen molar-refractivity contribution in [3.8, 4) is 0 Å². The van der Waals surface area contributed by atoms with Crippen molar-refractivity contribution in [3.63, 3.8) is 0 Å². The number of benzene rings is 1. The summed E-state index contributed by atoms with van der Waals surface area (Å²) in [5.41, 5.74) is 2.73. The topological polar surface area (TPSA) is 15.3 Å². The molecule has 2 rings (SSSR count). The summed E-state index contributed by atoms with van der Waals surface area (Å²) in [6, 6.07) is 9.07. The van der Waals surface area contributed by atoms with Crippen LogP contribution in [-0.4, -0.2) is 30.9 Å². The number of anilines is 1. The van der Waals surface area contributed by atoms with Crippen molar-refractivity contribution in [3.05, 3.63) is 29.8 Å². The molecule has 3 heteroatoms. The van der Waals surface area contributed by atoms with Crippen molar-refractivity contribution < 1.29 is 0 Å². The minimum atomic E-state index is 0.0168. The Bertz CT molecular complexity index is 439. The predicted molar refractivity (Wildman–Crippen MR) is 83.6 cm³/mol. The van der Waals surface area contributed by atoms with E-state index in [9.17, 15) is 0 Å². The molecule has 3 atom stereocenters. The molecule has 1 N–H and O–H groups in total. The fourth-order valence-corrected chi connectivity index (χ4v) is 2.86. The zero-order valence-corrected chi connectivity index (χ0v) is 12.8. The molecule has 0 bridgehead atoms. The molecule has 1 heterocycles. The third-order valence-electron chi connectivity index (χ3n) is 4.27. The average Bonchev–Trinajstić information content (AvgIpc) is 2.66. The van der Waals surface area contributed by atoms with E-state index in [0.717, 1.165) is 6.54 Å². The second-order valence-corrected chi connectivity index (χ2v) is 6.85. The van der Waals surface area contributed by atoms with Crippen LogP contribution < -0.4 is 5.32 Å². The van der Waals surface area contributed by atoms with Gasteiger partial charge in [-0.1, -0.05) is 32.0 Å². The van der Waals surface area contributed by atoms with Crippen LogP contribution >= 0.6 is 0 Å². The molecule has 1 aliphatic rings. The van der Waals surface area contributed by atoms with E-state index < -0.39 is 0 Å². The van der Waals surface area contributed by atoms with E-state index in [2.05, 4.69) is 64.2 Å².